The quantitative estimate of drug-likeness (QED) is 0.398. The van der Waals surface area contributed by atoms with Crippen LogP contribution in [-0.4, -0.2) is 10.8 Å². The minimum Gasteiger partial charge on any atom is -0.444 e. The zero-order chi connectivity index (χ0) is 18.6. The van der Waals surface area contributed by atoms with E-state index in [2.05, 4.69) is 4.98 Å². The standard InChI is InChI=1S/C23H16ClNO2/c24-20-8-4-7-19(14-20)21-15-27-23(25-21)18-11-9-16(10-12-18)13-22(26)17-5-2-1-3-6-17/h1-12,14-15H,13H2. The molecular formula is C23H16ClNO2. The van der Waals surface area contributed by atoms with E-state index in [4.69, 9.17) is 16.0 Å². The molecule has 3 aromatic carbocycles. The lowest BCUT2D eigenvalue weighted by atomic mass is 10.0. The predicted molar refractivity (Wildman–Crippen MR) is 107 cm³/mol. The number of Topliss-reactive ketones (excluding diaryl/α,β-unsaturated/α-hetero) is 1. The van der Waals surface area contributed by atoms with Crippen LogP contribution in [0.4, 0.5) is 0 Å². The van der Waals surface area contributed by atoms with E-state index in [-0.39, 0.29) is 5.78 Å². The van der Waals surface area contributed by atoms with E-state index < -0.39 is 0 Å². The Balaban J connectivity index is 1.50. The number of ketones is 1. The zero-order valence-electron chi connectivity index (χ0n) is 14.4. The monoisotopic (exact) mass is 373 g/mol. The number of nitrogens with zero attached hydrogens (tertiary/aromatic N) is 1. The van der Waals surface area contributed by atoms with Gasteiger partial charge in [0.15, 0.2) is 5.78 Å². The van der Waals surface area contributed by atoms with E-state index in [9.17, 15) is 4.79 Å². The van der Waals surface area contributed by atoms with Crippen molar-refractivity contribution in [3.05, 3.63) is 101 Å². The molecule has 4 heteroatoms. The zero-order valence-corrected chi connectivity index (χ0v) is 15.2. The molecule has 0 amide bonds. The first-order valence-corrected chi connectivity index (χ1v) is 8.96. The topological polar surface area (TPSA) is 43.1 Å². The first-order valence-electron chi connectivity index (χ1n) is 8.58. The molecule has 0 spiro atoms. The Hall–Kier alpha value is -3.17. The highest BCUT2D eigenvalue weighted by Gasteiger charge is 2.10. The van der Waals surface area contributed by atoms with Gasteiger partial charge in [0, 0.05) is 28.1 Å². The van der Waals surface area contributed by atoms with Gasteiger partial charge in [0.25, 0.3) is 0 Å². The lowest BCUT2D eigenvalue weighted by Crippen LogP contribution is -2.02. The average molecular weight is 374 g/mol. The van der Waals surface area contributed by atoms with Gasteiger partial charge in [-0.2, -0.15) is 0 Å². The number of halogens is 1. The molecule has 1 heterocycles. The van der Waals surface area contributed by atoms with Crippen molar-refractivity contribution in [3.63, 3.8) is 0 Å². The Kier molecular flexibility index (Phi) is 4.86. The highest BCUT2D eigenvalue weighted by molar-refractivity contribution is 6.30. The van der Waals surface area contributed by atoms with Crippen LogP contribution in [0.25, 0.3) is 22.7 Å². The first-order chi connectivity index (χ1) is 13.2. The van der Waals surface area contributed by atoms with Crippen molar-refractivity contribution in [2.75, 3.05) is 0 Å². The maximum atomic E-state index is 12.3. The fourth-order valence-electron chi connectivity index (χ4n) is 2.86. The SMILES string of the molecule is O=C(Cc1ccc(-c2nc(-c3cccc(Cl)c3)co2)cc1)c1ccccc1. The number of benzene rings is 3. The molecule has 0 radical (unpaired) electrons. The van der Waals surface area contributed by atoms with Crippen LogP contribution < -0.4 is 0 Å². The summed E-state index contributed by atoms with van der Waals surface area (Å²) in [4.78, 5) is 16.9. The average Bonchev–Trinajstić information content (AvgIpc) is 3.19. The van der Waals surface area contributed by atoms with Gasteiger partial charge in [-0.25, -0.2) is 4.98 Å². The summed E-state index contributed by atoms with van der Waals surface area (Å²) < 4.78 is 5.61. The number of aromatic nitrogens is 1. The lowest BCUT2D eigenvalue weighted by Gasteiger charge is -2.02. The highest BCUT2D eigenvalue weighted by atomic mass is 35.5. The predicted octanol–water partition coefficient (Wildman–Crippen LogP) is 6.09. The van der Waals surface area contributed by atoms with Crippen molar-refractivity contribution in [2.45, 2.75) is 6.42 Å². The van der Waals surface area contributed by atoms with Crippen LogP contribution in [0, 0.1) is 0 Å². The third kappa shape index (κ3) is 3.99. The number of hydrogen-bond donors (Lipinski definition) is 0. The lowest BCUT2D eigenvalue weighted by molar-refractivity contribution is 0.0993. The molecule has 4 rings (SSSR count). The van der Waals surface area contributed by atoms with Crippen LogP contribution in [0.3, 0.4) is 0 Å². The van der Waals surface area contributed by atoms with Crippen molar-refractivity contribution >= 4 is 17.4 Å². The van der Waals surface area contributed by atoms with Gasteiger partial charge >= 0.3 is 0 Å². The molecule has 0 aliphatic carbocycles. The number of oxazole rings is 1. The largest absolute Gasteiger partial charge is 0.444 e. The summed E-state index contributed by atoms with van der Waals surface area (Å²) in [7, 11) is 0. The van der Waals surface area contributed by atoms with Crippen LogP contribution in [0.5, 0.6) is 0 Å². The summed E-state index contributed by atoms with van der Waals surface area (Å²) in [5.41, 5.74) is 4.17. The van der Waals surface area contributed by atoms with Crippen molar-refractivity contribution < 1.29 is 9.21 Å². The number of rotatable bonds is 5. The maximum Gasteiger partial charge on any atom is 0.226 e. The van der Waals surface area contributed by atoms with E-state index in [1.54, 1.807) is 6.26 Å². The van der Waals surface area contributed by atoms with Crippen LogP contribution in [0.15, 0.2) is 89.5 Å². The van der Waals surface area contributed by atoms with Crippen LogP contribution in [0.1, 0.15) is 15.9 Å². The normalized spacial score (nSPS) is 10.7. The smallest absolute Gasteiger partial charge is 0.226 e. The van der Waals surface area contributed by atoms with Crippen molar-refractivity contribution in [2.24, 2.45) is 0 Å². The third-order valence-corrected chi connectivity index (χ3v) is 4.52. The van der Waals surface area contributed by atoms with Gasteiger partial charge in [-0.15, -0.1) is 0 Å². The van der Waals surface area contributed by atoms with Gasteiger partial charge in [-0.05, 0) is 29.8 Å². The van der Waals surface area contributed by atoms with Crippen molar-refractivity contribution in [3.8, 4) is 22.7 Å². The molecule has 3 nitrogen and oxygen atoms in total. The summed E-state index contributed by atoms with van der Waals surface area (Å²) >= 11 is 6.04. The summed E-state index contributed by atoms with van der Waals surface area (Å²) in [6, 6.07) is 24.5. The molecule has 0 bridgehead atoms. The molecule has 4 aromatic rings. The van der Waals surface area contributed by atoms with Crippen molar-refractivity contribution in [1.82, 2.24) is 4.98 Å². The van der Waals surface area contributed by atoms with Crippen LogP contribution >= 0.6 is 11.6 Å². The van der Waals surface area contributed by atoms with Gasteiger partial charge in [-0.3, -0.25) is 4.79 Å². The van der Waals surface area contributed by atoms with Gasteiger partial charge in [0.05, 0.1) is 0 Å². The molecule has 132 valence electrons. The van der Waals surface area contributed by atoms with E-state index in [1.807, 2.05) is 78.9 Å². The Labute approximate surface area is 162 Å². The molecule has 0 unspecified atom stereocenters. The molecule has 0 atom stereocenters. The minimum absolute atomic E-state index is 0.0997. The fourth-order valence-corrected chi connectivity index (χ4v) is 3.05. The molecule has 0 aliphatic rings. The Bertz CT molecular complexity index is 1070. The Morgan fingerprint density at radius 2 is 1.67 bits per heavy atom. The number of carbonyl (C=O) groups excluding carboxylic acids is 1. The summed E-state index contributed by atoms with van der Waals surface area (Å²) in [6.07, 6.45) is 1.98. The molecular weight excluding hydrogens is 358 g/mol. The second-order valence-corrected chi connectivity index (χ2v) is 6.65. The number of hydrogen-bond acceptors (Lipinski definition) is 3. The third-order valence-electron chi connectivity index (χ3n) is 4.29. The van der Waals surface area contributed by atoms with Gasteiger partial charge in [0.2, 0.25) is 5.89 Å². The molecule has 0 aliphatic heterocycles. The molecule has 0 fully saturated rings. The second-order valence-electron chi connectivity index (χ2n) is 6.21. The van der Waals surface area contributed by atoms with Gasteiger partial charge in [-0.1, -0.05) is 66.2 Å². The molecule has 0 N–H and O–H groups in total. The van der Waals surface area contributed by atoms with Crippen LogP contribution in [0.2, 0.25) is 5.02 Å². The van der Waals surface area contributed by atoms with Gasteiger partial charge < -0.3 is 4.42 Å². The molecule has 0 saturated carbocycles. The molecule has 1 aromatic heterocycles. The van der Waals surface area contributed by atoms with E-state index in [0.717, 1.165) is 27.9 Å². The Morgan fingerprint density at radius 3 is 2.41 bits per heavy atom. The summed E-state index contributed by atoms with van der Waals surface area (Å²) in [5.74, 6) is 0.633. The van der Waals surface area contributed by atoms with E-state index in [1.165, 1.54) is 0 Å². The molecule has 27 heavy (non-hydrogen) atoms. The maximum absolute atomic E-state index is 12.3. The van der Waals surface area contributed by atoms with Crippen molar-refractivity contribution in [1.29, 1.82) is 0 Å². The van der Waals surface area contributed by atoms with E-state index in [0.29, 0.717) is 17.3 Å². The second kappa shape index (κ2) is 7.60. The minimum atomic E-state index is 0.0997. The number of carbonyl (C=O) groups is 1. The first kappa shape index (κ1) is 17.3. The summed E-state index contributed by atoms with van der Waals surface area (Å²) in [5, 5.41) is 0.657. The van der Waals surface area contributed by atoms with Gasteiger partial charge in [0.1, 0.15) is 12.0 Å². The fraction of sp³-hybridized carbons (Fsp3) is 0.0435. The molecule has 0 saturated heterocycles. The van der Waals surface area contributed by atoms with E-state index >= 15 is 0 Å². The highest BCUT2D eigenvalue weighted by Crippen LogP contribution is 2.26. The van der Waals surface area contributed by atoms with Crippen LogP contribution in [-0.2, 0) is 6.42 Å². The summed E-state index contributed by atoms with van der Waals surface area (Å²) in [6.45, 7) is 0. The Morgan fingerprint density at radius 1 is 0.889 bits per heavy atom.